The van der Waals surface area contributed by atoms with Crippen molar-refractivity contribution in [3.05, 3.63) is 94.5 Å². The van der Waals surface area contributed by atoms with Gasteiger partial charge in [0.2, 0.25) is 0 Å². The normalized spacial score (nSPS) is 14.2. The van der Waals surface area contributed by atoms with Crippen molar-refractivity contribution < 1.29 is 9.53 Å². The van der Waals surface area contributed by atoms with E-state index in [9.17, 15) is 9.59 Å². The van der Waals surface area contributed by atoms with Gasteiger partial charge >= 0.3 is 0 Å². The van der Waals surface area contributed by atoms with E-state index in [0.29, 0.717) is 40.3 Å². The number of anilines is 1. The summed E-state index contributed by atoms with van der Waals surface area (Å²) in [5.41, 5.74) is 3.15. The highest BCUT2D eigenvalue weighted by Crippen LogP contribution is 2.38. The van der Waals surface area contributed by atoms with Crippen LogP contribution in [0.1, 0.15) is 24.7 Å². The molecule has 0 bridgehead atoms. The Hall–Kier alpha value is -4.19. The van der Waals surface area contributed by atoms with E-state index in [2.05, 4.69) is 0 Å². The number of amides is 1. The van der Waals surface area contributed by atoms with Crippen molar-refractivity contribution in [3.8, 4) is 11.4 Å². The quantitative estimate of drug-likeness (QED) is 0.425. The molecule has 4 aromatic rings. The van der Waals surface area contributed by atoms with Crippen molar-refractivity contribution in [2.24, 2.45) is 0 Å². The minimum Gasteiger partial charge on any atom is -0.495 e. The van der Waals surface area contributed by atoms with E-state index in [4.69, 9.17) is 9.72 Å². The maximum atomic E-state index is 13.6. The van der Waals surface area contributed by atoms with E-state index >= 15 is 0 Å². The first kappa shape index (κ1) is 20.7. The second-order valence-electron chi connectivity index (χ2n) is 7.83. The highest BCUT2D eigenvalue weighted by molar-refractivity contribution is 6.35. The summed E-state index contributed by atoms with van der Waals surface area (Å²) >= 11 is 0. The van der Waals surface area contributed by atoms with Crippen molar-refractivity contribution in [2.75, 3.05) is 18.6 Å². The van der Waals surface area contributed by atoms with Crippen molar-refractivity contribution in [3.63, 3.8) is 0 Å². The first-order valence-electron chi connectivity index (χ1n) is 10.9. The molecular weight excluding hydrogens is 414 g/mol. The van der Waals surface area contributed by atoms with Crippen molar-refractivity contribution in [2.45, 2.75) is 13.3 Å². The molecule has 6 heteroatoms. The van der Waals surface area contributed by atoms with E-state index < -0.39 is 0 Å². The van der Waals surface area contributed by atoms with Gasteiger partial charge in [0.15, 0.2) is 0 Å². The molecule has 0 radical (unpaired) electrons. The van der Waals surface area contributed by atoms with Crippen LogP contribution in [0.5, 0.6) is 5.75 Å². The third-order valence-electron chi connectivity index (χ3n) is 5.81. The summed E-state index contributed by atoms with van der Waals surface area (Å²) in [7, 11) is 1.57. The number of carbonyl (C=O) groups is 1. The molecular formula is C27H23N3O3. The Bertz CT molecular complexity index is 1470. The van der Waals surface area contributed by atoms with E-state index in [1.54, 1.807) is 36.3 Å². The van der Waals surface area contributed by atoms with Gasteiger partial charge in [-0.15, -0.1) is 0 Å². The van der Waals surface area contributed by atoms with E-state index in [0.717, 1.165) is 17.7 Å². The lowest BCUT2D eigenvalue weighted by Crippen LogP contribution is -2.27. The van der Waals surface area contributed by atoms with Crippen molar-refractivity contribution in [1.29, 1.82) is 0 Å². The number of benzene rings is 3. The molecule has 1 aliphatic heterocycles. The average molecular weight is 437 g/mol. The SMILES string of the molecule is CCCN1C(=O)/C(=C/c2nc3ccccc3c(=O)n2-c2ccccc2OC)c2ccccc21. The number of hydrogen-bond acceptors (Lipinski definition) is 4. The molecule has 0 saturated heterocycles. The number of aromatic nitrogens is 2. The number of ether oxygens (including phenoxy) is 1. The maximum Gasteiger partial charge on any atom is 0.266 e. The number of carbonyl (C=O) groups excluding carboxylic acids is 1. The molecule has 33 heavy (non-hydrogen) atoms. The molecule has 164 valence electrons. The van der Waals surface area contributed by atoms with Gasteiger partial charge in [0, 0.05) is 12.1 Å². The second-order valence-corrected chi connectivity index (χ2v) is 7.83. The molecule has 1 aliphatic rings. The van der Waals surface area contributed by atoms with Gasteiger partial charge in [-0.2, -0.15) is 0 Å². The minimum atomic E-state index is -0.221. The summed E-state index contributed by atoms with van der Waals surface area (Å²) in [4.78, 5) is 33.6. The molecule has 0 unspecified atom stereocenters. The third-order valence-corrected chi connectivity index (χ3v) is 5.81. The maximum absolute atomic E-state index is 13.6. The van der Waals surface area contributed by atoms with Gasteiger partial charge in [0.1, 0.15) is 11.6 Å². The summed E-state index contributed by atoms with van der Waals surface area (Å²) in [6, 6.07) is 22.2. The largest absolute Gasteiger partial charge is 0.495 e. The summed E-state index contributed by atoms with van der Waals surface area (Å²) in [5, 5.41) is 0.497. The fourth-order valence-electron chi connectivity index (χ4n) is 4.31. The van der Waals surface area contributed by atoms with Crippen LogP contribution in [-0.2, 0) is 4.79 Å². The number of nitrogens with zero attached hydrogens (tertiary/aromatic N) is 3. The van der Waals surface area contributed by atoms with Crippen LogP contribution in [-0.4, -0.2) is 29.1 Å². The first-order valence-corrected chi connectivity index (χ1v) is 10.9. The van der Waals surface area contributed by atoms with Gasteiger partial charge in [0.25, 0.3) is 11.5 Å². The Balaban J connectivity index is 1.81. The van der Waals surface area contributed by atoms with Crippen LogP contribution in [0, 0.1) is 0 Å². The highest BCUT2D eigenvalue weighted by Gasteiger charge is 2.32. The van der Waals surface area contributed by atoms with Crippen LogP contribution in [0.15, 0.2) is 77.6 Å². The van der Waals surface area contributed by atoms with Crippen LogP contribution in [0.4, 0.5) is 5.69 Å². The summed E-state index contributed by atoms with van der Waals surface area (Å²) < 4.78 is 7.06. The molecule has 1 aromatic heterocycles. The molecule has 3 aromatic carbocycles. The fourth-order valence-corrected chi connectivity index (χ4v) is 4.31. The zero-order valence-corrected chi connectivity index (χ0v) is 18.5. The predicted molar refractivity (Wildman–Crippen MR) is 131 cm³/mol. The Kier molecular flexibility index (Phi) is 5.26. The van der Waals surface area contributed by atoms with E-state index in [1.165, 1.54) is 4.57 Å². The standard InChI is InChI=1S/C27H23N3O3/c1-3-16-29-22-13-7-5-10-18(22)20(26(29)31)17-25-28-21-12-6-4-11-19(21)27(32)30(25)23-14-8-9-15-24(23)33-2/h4-15,17H,3,16H2,1-2H3/b20-17+. The second kappa shape index (κ2) is 8.39. The molecule has 0 N–H and O–H groups in total. The summed E-state index contributed by atoms with van der Waals surface area (Å²) in [6.07, 6.45) is 2.56. The molecule has 5 rings (SSSR count). The molecule has 0 spiro atoms. The number of rotatable bonds is 5. The van der Waals surface area contributed by atoms with Crippen LogP contribution in [0.25, 0.3) is 28.2 Å². The topological polar surface area (TPSA) is 64.4 Å². The van der Waals surface area contributed by atoms with Gasteiger partial charge < -0.3 is 9.64 Å². The lowest BCUT2D eigenvalue weighted by Gasteiger charge is -2.16. The minimum absolute atomic E-state index is 0.0907. The highest BCUT2D eigenvalue weighted by atomic mass is 16.5. The third kappa shape index (κ3) is 3.40. The van der Waals surface area contributed by atoms with Gasteiger partial charge in [-0.25, -0.2) is 4.98 Å². The molecule has 6 nitrogen and oxygen atoms in total. The Morgan fingerprint density at radius 2 is 1.61 bits per heavy atom. The predicted octanol–water partition coefficient (Wildman–Crippen LogP) is 4.69. The van der Waals surface area contributed by atoms with Gasteiger partial charge in [-0.05, 0) is 42.8 Å². The van der Waals surface area contributed by atoms with Crippen LogP contribution in [0.3, 0.4) is 0 Å². The Morgan fingerprint density at radius 1 is 0.909 bits per heavy atom. The summed E-state index contributed by atoms with van der Waals surface area (Å²) in [5.74, 6) is 0.828. The number of hydrogen-bond donors (Lipinski definition) is 0. The van der Waals surface area contributed by atoms with Crippen molar-refractivity contribution >= 4 is 34.1 Å². The number of methoxy groups -OCH3 is 1. The molecule has 1 amide bonds. The summed E-state index contributed by atoms with van der Waals surface area (Å²) in [6.45, 7) is 2.67. The average Bonchev–Trinajstić information content (AvgIpc) is 3.11. The van der Waals surface area contributed by atoms with Crippen LogP contribution < -0.4 is 15.2 Å². The molecule has 0 fully saturated rings. The van der Waals surface area contributed by atoms with Gasteiger partial charge in [-0.3, -0.25) is 14.2 Å². The molecule has 0 saturated carbocycles. The van der Waals surface area contributed by atoms with Crippen LogP contribution >= 0.6 is 0 Å². The zero-order valence-electron chi connectivity index (χ0n) is 18.5. The lowest BCUT2D eigenvalue weighted by molar-refractivity contribution is -0.113. The lowest BCUT2D eigenvalue weighted by atomic mass is 10.1. The first-order chi connectivity index (χ1) is 16.1. The van der Waals surface area contributed by atoms with Crippen LogP contribution in [0.2, 0.25) is 0 Å². The molecule has 2 heterocycles. The number of fused-ring (bicyclic) bond motifs is 2. The van der Waals surface area contributed by atoms with E-state index in [-0.39, 0.29) is 11.5 Å². The number of para-hydroxylation sites is 4. The zero-order chi connectivity index (χ0) is 22.9. The molecule has 0 aliphatic carbocycles. The van der Waals surface area contributed by atoms with Crippen molar-refractivity contribution in [1.82, 2.24) is 9.55 Å². The van der Waals surface area contributed by atoms with E-state index in [1.807, 2.05) is 61.5 Å². The smallest absolute Gasteiger partial charge is 0.266 e. The molecule has 0 atom stereocenters. The van der Waals surface area contributed by atoms with Gasteiger partial charge in [-0.1, -0.05) is 49.4 Å². The van der Waals surface area contributed by atoms with Gasteiger partial charge in [0.05, 0.1) is 35.0 Å². The monoisotopic (exact) mass is 437 g/mol. The Morgan fingerprint density at radius 3 is 2.39 bits per heavy atom. The Labute approximate surface area is 191 Å². The fraction of sp³-hybridized carbons (Fsp3) is 0.148.